The summed E-state index contributed by atoms with van der Waals surface area (Å²) in [4.78, 5) is 17.7. The third-order valence-corrected chi connectivity index (χ3v) is 5.76. The van der Waals surface area contributed by atoms with Gasteiger partial charge >= 0.3 is 0 Å². The molecule has 2 heterocycles. The maximum absolute atomic E-state index is 12.4. The van der Waals surface area contributed by atoms with Crippen molar-refractivity contribution in [2.45, 2.75) is 32.6 Å². The predicted octanol–water partition coefficient (Wildman–Crippen LogP) is 4.09. The van der Waals surface area contributed by atoms with Crippen molar-refractivity contribution in [3.8, 4) is 0 Å². The van der Waals surface area contributed by atoms with Gasteiger partial charge < -0.3 is 9.80 Å². The number of amides is 1. The van der Waals surface area contributed by atoms with Gasteiger partial charge in [0.1, 0.15) is 0 Å². The van der Waals surface area contributed by atoms with Crippen LogP contribution in [0.3, 0.4) is 0 Å². The highest BCUT2D eigenvalue weighted by atomic mass is 79.9. The summed E-state index contributed by atoms with van der Waals surface area (Å²) in [5.41, 5.74) is 0. The van der Waals surface area contributed by atoms with Crippen LogP contribution < -0.4 is 0 Å². The van der Waals surface area contributed by atoms with Crippen LogP contribution in [0, 0.1) is 5.92 Å². The van der Waals surface area contributed by atoms with E-state index in [9.17, 15) is 4.79 Å². The molecule has 0 bridgehead atoms. The Balaban J connectivity index is 1.76. The van der Waals surface area contributed by atoms with E-state index in [1.54, 1.807) is 0 Å². The second kappa shape index (κ2) is 8.30. The normalized spacial score (nSPS) is 16.7. The van der Waals surface area contributed by atoms with Gasteiger partial charge in [-0.3, -0.25) is 4.79 Å². The van der Waals surface area contributed by atoms with E-state index < -0.39 is 0 Å². The minimum absolute atomic E-state index is 0.198. The molecule has 1 aromatic heterocycles. The summed E-state index contributed by atoms with van der Waals surface area (Å²) in [7, 11) is 2.22. The van der Waals surface area contributed by atoms with Crippen LogP contribution >= 0.6 is 27.3 Å². The van der Waals surface area contributed by atoms with Crippen molar-refractivity contribution in [2.24, 2.45) is 5.92 Å². The van der Waals surface area contributed by atoms with Gasteiger partial charge in [0.2, 0.25) is 0 Å². The second-order valence-electron chi connectivity index (χ2n) is 5.96. The lowest BCUT2D eigenvalue weighted by Crippen LogP contribution is -2.41. The zero-order valence-corrected chi connectivity index (χ0v) is 15.4. The summed E-state index contributed by atoms with van der Waals surface area (Å²) >= 11 is 4.95. The van der Waals surface area contributed by atoms with E-state index in [0.717, 1.165) is 40.5 Å². The molecular formula is C16H25BrN2OS. The second-order valence-corrected chi connectivity index (χ2v) is 8.42. The molecule has 21 heavy (non-hydrogen) atoms. The van der Waals surface area contributed by atoms with Crippen LogP contribution in [0.1, 0.15) is 42.3 Å². The first-order chi connectivity index (χ1) is 10.1. The number of thiophene rings is 1. The molecule has 2 rings (SSSR count). The average molecular weight is 373 g/mol. The fourth-order valence-electron chi connectivity index (χ4n) is 2.86. The molecule has 0 saturated carbocycles. The van der Waals surface area contributed by atoms with Crippen molar-refractivity contribution >= 4 is 33.2 Å². The molecule has 0 unspecified atom stereocenters. The zero-order chi connectivity index (χ0) is 15.2. The van der Waals surface area contributed by atoms with E-state index >= 15 is 0 Å². The highest BCUT2D eigenvalue weighted by Gasteiger charge is 2.24. The van der Waals surface area contributed by atoms with Crippen molar-refractivity contribution in [1.82, 2.24) is 9.80 Å². The van der Waals surface area contributed by atoms with E-state index in [2.05, 4.69) is 34.8 Å². The summed E-state index contributed by atoms with van der Waals surface area (Å²) in [6, 6.07) is 3.87. The lowest BCUT2D eigenvalue weighted by atomic mass is 9.96. The van der Waals surface area contributed by atoms with Crippen LogP contribution in [-0.2, 0) is 0 Å². The summed E-state index contributed by atoms with van der Waals surface area (Å²) in [6.45, 7) is 6.41. The number of hydrogen-bond donors (Lipinski definition) is 0. The van der Waals surface area contributed by atoms with Gasteiger partial charge in [-0.25, -0.2) is 0 Å². The Kier molecular flexibility index (Phi) is 6.71. The van der Waals surface area contributed by atoms with E-state index in [-0.39, 0.29) is 5.91 Å². The number of carbonyl (C=O) groups is 1. The van der Waals surface area contributed by atoms with Gasteiger partial charge in [-0.1, -0.05) is 13.3 Å². The smallest absolute Gasteiger partial charge is 0.263 e. The van der Waals surface area contributed by atoms with E-state index in [0.29, 0.717) is 0 Å². The standard InChI is InChI=1S/C16H25BrN2OS/c1-3-4-9-18(2)12-13-7-10-19(11-8-13)16(20)14-5-6-15(17)21-14/h5-6,13H,3-4,7-12H2,1-2H3. The molecule has 118 valence electrons. The van der Waals surface area contributed by atoms with E-state index in [1.165, 1.54) is 37.3 Å². The Hall–Kier alpha value is -0.390. The van der Waals surface area contributed by atoms with Gasteiger partial charge in [0.05, 0.1) is 8.66 Å². The van der Waals surface area contributed by atoms with E-state index in [4.69, 9.17) is 0 Å². The Morgan fingerprint density at radius 2 is 2.14 bits per heavy atom. The first-order valence-electron chi connectivity index (χ1n) is 7.83. The maximum Gasteiger partial charge on any atom is 0.263 e. The minimum atomic E-state index is 0.198. The van der Waals surface area contributed by atoms with Crippen molar-refractivity contribution in [2.75, 3.05) is 33.2 Å². The molecule has 1 aliphatic rings. The SMILES string of the molecule is CCCCN(C)CC1CCN(C(=O)c2ccc(Br)s2)CC1. The molecule has 1 fully saturated rings. The van der Waals surface area contributed by atoms with Gasteiger partial charge in [0.25, 0.3) is 5.91 Å². The topological polar surface area (TPSA) is 23.6 Å². The molecule has 1 saturated heterocycles. The van der Waals surface area contributed by atoms with Gasteiger partial charge in [-0.05, 0) is 66.8 Å². The van der Waals surface area contributed by atoms with Crippen molar-refractivity contribution in [1.29, 1.82) is 0 Å². The van der Waals surface area contributed by atoms with Gasteiger partial charge in [0, 0.05) is 19.6 Å². The fraction of sp³-hybridized carbons (Fsp3) is 0.688. The molecule has 3 nitrogen and oxygen atoms in total. The molecule has 1 aromatic rings. The summed E-state index contributed by atoms with van der Waals surface area (Å²) in [6.07, 6.45) is 4.80. The number of nitrogens with zero attached hydrogens (tertiary/aromatic N) is 2. The monoisotopic (exact) mass is 372 g/mol. The molecule has 0 N–H and O–H groups in total. The number of piperidine rings is 1. The summed E-state index contributed by atoms with van der Waals surface area (Å²) in [5, 5.41) is 0. The summed E-state index contributed by atoms with van der Waals surface area (Å²) < 4.78 is 1.03. The number of halogens is 1. The Morgan fingerprint density at radius 1 is 1.43 bits per heavy atom. The largest absolute Gasteiger partial charge is 0.338 e. The zero-order valence-electron chi connectivity index (χ0n) is 13.0. The van der Waals surface area contributed by atoms with Crippen LogP contribution in [0.2, 0.25) is 0 Å². The lowest BCUT2D eigenvalue weighted by Gasteiger charge is -2.33. The van der Waals surface area contributed by atoms with Gasteiger partial charge in [-0.2, -0.15) is 0 Å². The highest BCUT2D eigenvalue weighted by Crippen LogP contribution is 2.25. The quantitative estimate of drug-likeness (QED) is 0.750. The minimum Gasteiger partial charge on any atom is -0.338 e. The molecular weight excluding hydrogens is 348 g/mol. The van der Waals surface area contributed by atoms with Gasteiger partial charge in [-0.15, -0.1) is 11.3 Å². The maximum atomic E-state index is 12.4. The van der Waals surface area contributed by atoms with Crippen LogP contribution in [0.25, 0.3) is 0 Å². The Bertz CT molecular complexity index is 455. The number of carbonyl (C=O) groups excluding carboxylic acids is 1. The predicted molar refractivity (Wildman–Crippen MR) is 93.1 cm³/mol. The van der Waals surface area contributed by atoms with Crippen LogP contribution in [0.5, 0.6) is 0 Å². The van der Waals surface area contributed by atoms with Crippen molar-refractivity contribution in [3.63, 3.8) is 0 Å². The first-order valence-corrected chi connectivity index (χ1v) is 9.44. The summed E-state index contributed by atoms with van der Waals surface area (Å²) in [5.74, 6) is 0.939. The first kappa shape index (κ1) is 17.0. The average Bonchev–Trinajstić information content (AvgIpc) is 2.92. The highest BCUT2D eigenvalue weighted by molar-refractivity contribution is 9.11. The third kappa shape index (κ3) is 5.08. The molecule has 0 aliphatic carbocycles. The molecule has 0 aromatic carbocycles. The lowest BCUT2D eigenvalue weighted by molar-refractivity contribution is 0.0678. The van der Waals surface area contributed by atoms with Gasteiger partial charge in [0.15, 0.2) is 0 Å². The fourth-order valence-corrected chi connectivity index (χ4v) is 4.22. The molecule has 1 aliphatic heterocycles. The number of likely N-dealkylation sites (tertiary alicyclic amines) is 1. The number of hydrogen-bond acceptors (Lipinski definition) is 3. The molecule has 0 radical (unpaired) electrons. The molecule has 1 amide bonds. The van der Waals surface area contributed by atoms with Crippen LogP contribution in [0.4, 0.5) is 0 Å². The van der Waals surface area contributed by atoms with Crippen LogP contribution in [-0.4, -0.2) is 48.9 Å². The molecule has 0 spiro atoms. The Morgan fingerprint density at radius 3 is 2.71 bits per heavy atom. The molecule has 0 atom stereocenters. The van der Waals surface area contributed by atoms with Crippen molar-refractivity contribution in [3.05, 3.63) is 20.8 Å². The molecule has 5 heteroatoms. The Labute approximate surface area is 140 Å². The van der Waals surface area contributed by atoms with E-state index in [1.807, 2.05) is 17.0 Å². The number of unbranched alkanes of at least 4 members (excludes halogenated alkanes) is 1. The third-order valence-electron chi connectivity index (χ3n) is 4.15. The van der Waals surface area contributed by atoms with Crippen molar-refractivity contribution < 1.29 is 4.79 Å². The van der Waals surface area contributed by atoms with Crippen LogP contribution in [0.15, 0.2) is 15.9 Å². The number of rotatable bonds is 6.